The lowest BCUT2D eigenvalue weighted by Gasteiger charge is -2.01. The zero-order valence-corrected chi connectivity index (χ0v) is 8.70. The van der Waals surface area contributed by atoms with Crippen molar-refractivity contribution in [2.45, 2.75) is 19.8 Å². The van der Waals surface area contributed by atoms with Gasteiger partial charge in [0.05, 0.1) is 11.6 Å². The molecule has 2 heteroatoms. The number of aromatic nitrogens is 1. The van der Waals surface area contributed by atoms with Crippen molar-refractivity contribution in [2.24, 2.45) is 0 Å². The number of nitrogens with zero attached hydrogens (tertiary/aromatic N) is 2. The molecule has 0 aliphatic rings. The molecular formula is C13H12N2. The van der Waals surface area contributed by atoms with E-state index in [0.717, 1.165) is 22.9 Å². The van der Waals surface area contributed by atoms with E-state index in [1.807, 2.05) is 6.20 Å². The standard InChI is InChI=1S/C13H12N2/c1-10-4-5-12-8-11(3-2-6-14)9-15-13(12)7-10/h4-5,7-9H,2-3H2,1H3. The van der Waals surface area contributed by atoms with Crippen LogP contribution >= 0.6 is 0 Å². The van der Waals surface area contributed by atoms with Crippen molar-refractivity contribution >= 4 is 10.9 Å². The first-order valence-electron chi connectivity index (χ1n) is 5.02. The predicted octanol–water partition coefficient (Wildman–Crippen LogP) is 3.00. The molecular weight excluding hydrogens is 184 g/mol. The fraction of sp³-hybridized carbons (Fsp3) is 0.231. The van der Waals surface area contributed by atoms with E-state index in [4.69, 9.17) is 5.26 Å². The average Bonchev–Trinajstić information content (AvgIpc) is 2.26. The summed E-state index contributed by atoms with van der Waals surface area (Å²) < 4.78 is 0. The minimum atomic E-state index is 0.555. The van der Waals surface area contributed by atoms with Crippen LogP contribution in [0.2, 0.25) is 0 Å². The summed E-state index contributed by atoms with van der Waals surface area (Å²) in [5.41, 5.74) is 3.38. The van der Waals surface area contributed by atoms with Crippen LogP contribution in [0.4, 0.5) is 0 Å². The Bertz CT molecular complexity index is 524. The van der Waals surface area contributed by atoms with Crippen molar-refractivity contribution in [1.82, 2.24) is 4.98 Å². The Kier molecular flexibility index (Phi) is 2.64. The van der Waals surface area contributed by atoms with Crippen LogP contribution in [-0.4, -0.2) is 4.98 Å². The molecule has 0 fully saturated rings. The van der Waals surface area contributed by atoms with Crippen LogP contribution in [0.5, 0.6) is 0 Å². The van der Waals surface area contributed by atoms with Crippen LogP contribution in [0.15, 0.2) is 30.5 Å². The molecule has 2 aromatic rings. The summed E-state index contributed by atoms with van der Waals surface area (Å²) in [6.45, 7) is 2.06. The van der Waals surface area contributed by atoms with Crippen LogP contribution in [0, 0.1) is 18.3 Å². The Morgan fingerprint density at radius 2 is 2.20 bits per heavy atom. The van der Waals surface area contributed by atoms with Gasteiger partial charge >= 0.3 is 0 Å². The van der Waals surface area contributed by atoms with E-state index < -0.39 is 0 Å². The van der Waals surface area contributed by atoms with Gasteiger partial charge in [0.2, 0.25) is 0 Å². The maximum Gasteiger partial charge on any atom is 0.0704 e. The largest absolute Gasteiger partial charge is 0.256 e. The normalized spacial score (nSPS) is 10.1. The van der Waals surface area contributed by atoms with E-state index in [9.17, 15) is 0 Å². The summed E-state index contributed by atoms with van der Waals surface area (Å²) in [5.74, 6) is 0. The van der Waals surface area contributed by atoms with Gasteiger partial charge in [0.25, 0.3) is 0 Å². The maximum absolute atomic E-state index is 8.51. The Labute approximate surface area is 89.2 Å². The number of hydrogen-bond donors (Lipinski definition) is 0. The second-order valence-electron chi connectivity index (χ2n) is 3.70. The number of pyridine rings is 1. The van der Waals surface area contributed by atoms with E-state index >= 15 is 0 Å². The van der Waals surface area contributed by atoms with Crippen molar-refractivity contribution in [3.63, 3.8) is 0 Å². The Morgan fingerprint density at radius 3 is 3.00 bits per heavy atom. The third-order valence-electron chi connectivity index (χ3n) is 2.42. The quantitative estimate of drug-likeness (QED) is 0.740. The molecule has 0 N–H and O–H groups in total. The monoisotopic (exact) mass is 196 g/mol. The van der Waals surface area contributed by atoms with Gasteiger partial charge in [-0.15, -0.1) is 0 Å². The fourth-order valence-corrected chi connectivity index (χ4v) is 1.61. The molecule has 1 heterocycles. The van der Waals surface area contributed by atoms with E-state index in [-0.39, 0.29) is 0 Å². The lowest BCUT2D eigenvalue weighted by molar-refractivity contribution is 1.00. The van der Waals surface area contributed by atoms with Crippen LogP contribution in [-0.2, 0) is 6.42 Å². The topological polar surface area (TPSA) is 36.7 Å². The predicted molar refractivity (Wildman–Crippen MR) is 60.4 cm³/mol. The molecule has 0 spiro atoms. The van der Waals surface area contributed by atoms with E-state index in [2.05, 4.69) is 42.2 Å². The first-order chi connectivity index (χ1) is 7.29. The minimum absolute atomic E-state index is 0.555. The molecule has 2 nitrogen and oxygen atoms in total. The second-order valence-corrected chi connectivity index (χ2v) is 3.70. The molecule has 0 unspecified atom stereocenters. The van der Waals surface area contributed by atoms with Gasteiger partial charge in [-0.05, 0) is 36.6 Å². The highest BCUT2D eigenvalue weighted by Gasteiger charge is 1.98. The number of aryl methyl sites for hydroxylation is 2. The Morgan fingerprint density at radius 1 is 1.33 bits per heavy atom. The second kappa shape index (κ2) is 4.10. The summed E-state index contributed by atoms with van der Waals surface area (Å²) in [6.07, 6.45) is 3.20. The molecule has 0 aliphatic carbocycles. The van der Waals surface area contributed by atoms with Gasteiger partial charge in [-0.3, -0.25) is 4.98 Å². The van der Waals surface area contributed by atoms with Crippen LogP contribution < -0.4 is 0 Å². The molecule has 0 saturated heterocycles. The molecule has 15 heavy (non-hydrogen) atoms. The summed E-state index contributed by atoms with van der Waals surface area (Å²) in [6, 6.07) is 10.5. The molecule has 0 radical (unpaired) electrons. The molecule has 74 valence electrons. The number of hydrogen-bond acceptors (Lipinski definition) is 2. The SMILES string of the molecule is Cc1ccc2cc(CCC#N)cnc2c1. The summed E-state index contributed by atoms with van der Waals surface area (Å²) in [4.78, 5) is 4.39. The van der Waals surface area contributed by atoms with Gasteiger partial charge in [0.15, 0.2) is 0 Å². The molecule has 0 aliphatic heterocycles. The third kappa shape index (κ3) is 2.13. The lowest BCUT2D eigenvalue weighted by Crippen LogP contribution is -1.87. The Hall–Kier alpha value is -1.88. The molecule has 0 bridgehead atoms. The maximum atomic E-state index is 8.51. The molecule has 0 atom stereocenters. The number of nitriles is 1. The zero-order chi connectivity index (χ0) is 10.7. The van der Waals surface area contributed by atoms with Crippen molar-refractivity contribution < 1.29 is 0 Å². The number of benzene rings is 1. The van der Waals surface area contributed by atoms with Gasteiger partial charge in [-0.1, -0.05) is 12.1 Å². The highest BCUT2D eigenvalue weighted by Crippen LogP contribution is 2.15. The highest BCUT2D eigenvalue weighted by atomic mass is 14.6. The summed E-state index contributed by atoms with van der Waals surface area (Å²) in [7, 11) is 0. The third-order valence-corrected chi connectivity index (χ3v) is 2.42. The van der Waals surface area contributed by atoms with E-state index in [0.29, 0.717) is 6.42 Å². The molecule has 2 rings (SSSR count). The number of fused-ring (bicyclic) bond motifs is 1. The van der Waals surface area contributed by atoms with Crippen molar-refractivity contribution in [2.75, 3.05) is 0 Å². The first kappa shape index (κ1) is 9.67. The zero-order valence-electron chi connectivity index (χ0n) is 8.70. The highest BCUT2D eigenvalue weighted by molar-refractivity contribution is 5.79. The first-order valence-corrected chi connectivity index (χ1v) is 5.02. The van der Waals surface area contributed by atoms with Crippen LogP contribution in [0.3, 0.4) is 0 Å². The minimum Gasteiger partial charge on any atom is -0.256 e. The van der Waals surface area contributed by atoms with E-state index in [1.165, 1.54) is 5.56 Å². The van der Waals surface area contributed by atoms with Crippen molar-refractivity contribution in [1.29, 1.82) is 5.26 Å². The molecule has 1 aromatic carbocycles. The number of rotatable bonds is 2. The van der Waals surface area contributed by atoms with Crippen LogP contribution in [0.25, 0.3) is 10.9 Å². The van der Waals surface area contributed by atoms with Crippen LogP contribution in [0.1, 0.15) is 17.5 Å². The van der Waals surface area contributed by atoms with Gasteiger partial charge in [0.1, 0.15) is 0 Å². The Balaban J connectivity index is 2.40. The molecule has 0 amide bonds. The van der Waals surface area contributed by atoms with Gasteiger partial charge in [-0.2, -0.15) is 5.26 Å². The smallest absolute Gasteiger partial charge is 0.0704 e. The van der Waals surface area contributed by atoms with E-state index in [1.54, 1.807) is 0 Å². The van der Waals surface area contributed by atoms with Gasteiger partial charge < -0.3 is 0 Å². The van der Waals surface area contributed by atoms with Crippen molar-refractivity contribution in [3.05, 3.63) is 41.6 Å². The van der Waals surface area contributed by atoms with Crippen molar-refractivity contribution in [3.8, 4) is 6.07 Å². The summed E-state index contributed by atoms with van der Waals surface area (Å²) >= 11 is 0. The van der Waals surface area contributed by atoms with Gasteiger partial charge in [0, 0.05) is 18.0 Å². The average molecular weight is 196 g/mol. The fourth-order valence-electron chi connectivity index (χ4n) is 1.61. The lowest BCUT2D eigenvalue weighted by atomic mass is 10.1. The van der Waals surface area contributed by atoms with Gasteiger partial charge in [-0.25, -0.2) is 0 Å². The molecule has 0 saturated carbocycles. The molecule has 1 aromatic heterocycles. The summed E-state index contributed by atoms with van der Waals surface area (Å²) in [5, 5.41) is 9.66.